The summed E-state index contributed by atoms with van der Waals surface area (Å²) in [6.45, 7) is 6.96. The Morgan fingerprint density at radius 2 is 1.62 bits per heavy atom. The van der Waals surface area contributed by atoms with Gasteiger partial charge in [0.25, 0.3) is 0 Å². The molecule has 1 atom stereocenters. The summed E-state index contributed by atoms with van der Waals surface area (Å²) in [6.07, 6.45) is 2.96. The van der Waals surface area contributed by atoms with Crippen molar-refractivity contribution < 1.29 is 4.79 Å². The molecule has 2 aromatic rings. The summed E-state index contributed by atoms with van der Waals surface area (Å²) in [5.74, 6) is 0.481. The number of nitrogens with zero attached hydrogens (tertiary/aromatic N) is 1. The lowest BCUT2D eigenvalue weighted by Crippen LogP contribution is -2.40. The highest BCUT2D eigenvalue weighted by molar-refractivity contribution is 5.82. The van der Waals surface area contributed by atoms with E-state index in [1.54, 1.807) is 0 Å². The van der Waals surface area contributed by atoms with Crippen LogP contribution in [0.1, 0.15) is 44.2 Å². The Labute approximate surface area is 157 Å². The van der Waals surface area contributed by atoms with E-state index in [4.69, 9.17) is 0 Å². The molecule has 0 aliphatic carbocycles. The summed E-state index contributed by atoms with van der Waals surface area (Å²) >= 11 is 0. The molecule has 26 heavy (non-hydrogen) atoms. The van der Waals surface area contributed by atoms with Gasteiger partial charge in [0.15, 0.2) is 0 Å². The molecule has 0 bridgehead atoms. The lowest BCUT2D eigenvalue weighted by atomic mass is 9.93. The molecular weight excluding hydrogens is 320 g/mol. The van der Waals surface area contributed by atoms with Crippen LogP contribution in [0.5, 0.6) is 0 Å². The number of carbonyl (C=O) groups excluding carboxylic acids is 1. The van der Waals surface area contributed by atoms with E-state index in [2.05, 4.69) is 60.5 Å². The molecule has 3 nitrogen and oxygen atoms in total. The van der Waals surface area contributed by atoms with Crippen LogP contribution in [0.3, 0.4) is 0 Å². The van der Waals surface area contributed by atoms with Crippen LogP contribution in [0.2, 0.25) is 0 Å². The molecule has 0 saturated carbocycles. The average Bonchev–Trinajstić information content (AvgIpc) is 2.86. The van der Waals surface area contributed by atoms with Crippen LogP contribution in [0.25, 0.3) is 0 Å². The van der Waals surface area contributed by atoms with Crippen LogP contribution in [-0.2, 0) is 17.9 Å². The van der Waals surface area contributed by atoms with Crippen LogP contribution in [0.4, 0.5) is 0 Å². The lowest BCUT2D eigenvalue weighted by Gasteiger charge is -2.31. The second-order valence-corrected chi connectivity index (χ2v) is 7.93. The molecule has 2 aromatic carbocycles. The van der Waals surface area contributed by atoms with E-state index >= 15 is 0 Å². The maximum atomic E-state index is 12.9. The van der Waals surface area contributed by atoms with Crippen molar-refractivity contribution in [1.29, 1.82) is 0 Å². The van der Waals surface area contributed by atoms with Crippen LogP contribution in [0.15, 0.2) is 60.7 Å². The van der Waals surface area contributed by atoms with Gasteiger partial charge in [0.05, 0.1) is 0 Å². The fraction of sp³-hybridized carbons (Fsp3) is 0.435. The first kappa shape index (κ1) is 18.7. The van der Waals surface area contributed by atoms with Crippen molar-refractivity contribution in [2.45, 2.75) is 51.7 Å². The quantitative estimate of drug-likeness (QED) is 0.717. The molecule has 0 unspecified atom stereocenters. The molecular formula is C23H30N2O. The number of benzene rings is 2. The van der Waals surface area contributed by atoms with Gasteiger partial charge in [0, 0.05) is 24.5 Å². The summed E-state index contributed by atoms with van der Waals surface area (Å²) in [7, 11) is 0. The fourth-order valence-corrected chi connectivity index (χ4v) is 3.90. The van der Waals surface area contributed by atoms with Crippen LogP contribution in [0, 0.1) is 5.92 Å². The van der Waals surface area contributed by atoms with Crippen molar-refractivity contribution in [3.8, 4) is 0 Å². The van der Waals surface area contributed by atoms with Gasteiger partial charge in [-0.1, -0.05) is 60.7 Å². The molecule has 1 saturated heterocycles. The second-order valence-electron chi connectivity index (χ2n) is 7.93. The van der Waals surface area contributed by atoms with Gasteiger partial charge in [-0.05, 0) is 50.8 Å². The van der Waals surface area contributed by atoms with Crippen LogP contribution >= 0.6 is 0 Å². The Bertz CT molecular complexity index is 697. The number of amides is 1. The zero-order chi connectivity index (χ0) is 18.4. The van der Waals surface area contributed by atoms with Gasteiger partial charge < -0.3 is 10.2 Å². The van der Waals surface area contributed by atoms with Crippen LogP contribution in [-0.4, -0.2) is 22.9 Å². The first-order chi connectivity index (χ1) is 12.6. The number of carbonyl (C=O) groups is 1. The van der Waals surface area contributed by atoms with Crippen molar-refractivity contribution in [1.82, 2.24) is 10.2 Å². The minimum atomic E-state index is -0.0605. The Morgan fingerprint density at radius 3 is 2.27 bits per heavy atom. The molecule has 1 aliphatic rings. The third-order valence-electron chi connectivity index (χ3n) is 5.35. The van der Waals surface area contributed by atoms with E-state index in [1.807, 2.05) is 24.3 Å². The molecule has 1 amide bonds. The Hall–Kier alpha value is -2.13. The Balaban J connectivity index is 1.46. The summed E-state index contributed by atoms with van der Waals surface area (Å²) < 4.78 is 0. The summed E-state index contributed by atoms with van der Waals surface area (Å²) in [4.78, 5) is 15.0. The maximum Gasteiger partial charge on any atom is 0.226 e. The lowest BCUT2D eigenvalue weighted by molar-refractivity contribution is -0.134. The fourth-order valence-electron chi connectivity index (χ4n) is 3.90. The van der Waals surface area contributed by atoms with Gasteiger partial charge in [-0.2, -0.15) is 0 Å². The minimum Gasteiger partial charge on any atom is -0.333 e. The molecule has 138 valence electrons. The zero-order valence-corrected chi connectivity index (χ0v) is 15.9. The third-order valence-corrected chi connectivity index (χ3v) is 5.35. The van der Waals surface area contributed by atoms with Gasteiger partial charge in [0.1, 0.15) is 0 Å². The molecule has 1 fully saturated rings. The van der Waals surface area contributed by atoms with E-state index in [0.717, 1.165) is 38.9 Å². The maximum absolute atomic E-state index is 12.9. The van der Waals surface area contributed by atoms with E-state index in [0.29, 0.717) is 5.91 Å². The van der Waals surface area contributed by atoms with Crippen molar-refractivity contribution in [2.24, 2.45) is 5.92 Å². The minimum absolute atomic E-state index is 0.0605. The van der Waals surface area contributed by atoms with E-state index < -0.39 is 0 Å². The van der Waals surface area contributed by atoms with Gasteiger partial charge >= 0.3 is 0 Å². The molecule has 1 aliphatic heterocycles. The number of rotatable bonds is 8. The SMILES string of the molecule is CC1(C)C[C@H](CCCNCc2ccccc2)C(=O)N1Cc1ccccc1. The van der Waals surface area contributed by atoms with Gasteiger partial charge in [-0.15, -0.1) is 0 Å². The predicted molar refractivity (Wildman–Crippen MR) is 107 cm³/mol. The van der Waals surface area contributed by atoms with Gasteiger partial charge in [0.2, 0.25) is 5.91 Å². The van der Waals surface area contributed by atoms with E-state index in [1.165, 1.54) is 11.1 Å². The Kier molecular flexibility index (Phi) is 6.10. The Morgan fingerprint density at radius 1 is 1.00 bits per heavy atom. The molecule has 0 spiro atoms. The highest BCUT2D eigenvalue weighted by Crippen LogP contribution is 2.37. The molecule has 3 heteroatoms. The molecule has 0 radical (unpaired) electrons. The van der Waals surface area contributed by atoms with Crippen molar-refractivity contribution in [3.63, 3.8) is 0 Å². The third kappa shape index (κ3) is 4.73. The summed E-state index contributed by atoms with van der Waals surface area (Å²) in [5.41, 5.74) is 2.45. The van der Waals surface area contributed by atoms with Gasteiger partial charge in [-0.3, -0.25) is 4.79 Å². The number of nitrogens with one attached hydrogen (secondary N) is 1. The highest BCUT2D eigenvalue weighted by atomic mass is 16.2. The smallest absolute Gasteiger partial charge is 0.226 e. The summed E-state index contributed by atoms with van der Waals surface area (Å²) in [5, 5.41) is 3.49. The summed E-state index contributed by atoms with van der Waals surface area (Å²) in [6, 6.07) is 20.7. The monoisotopic (exact) mass is 350 g/mol. The molecule has 0 aromatic heterocycles. The first-order valence-electron chi connectivity index (χ1n) is 9.66. The largest absolute Gasteiger partial charge is 0.333 e. The van der Waals surface area contributed by atoms with Crippen molar-refractivity contribution in [2.75, 3.05) is 6.54 Å². The standard InChI is InChI=1S/C23H30N2O/c1-23(2)16-21(14-9-15-24-17-19-10-5-3-6-11-19)22(26)25(23)18-20-12-7-4-8-13-20/h3-8,10-13,21,24H,9,14-18H2,1-2H3/t21-/m0/s1. The van der Waals surface area contributed by atoms with E-state index in [-0.39, 0.29) is 11.5 Å². The molecule has 1 heterocycles. The zero-order valence-electron chi connectivity index (χ0n) is 15.9. The number of likely N-dealkylation sites (tertiary alicyclic amines) is 1. The molecule has 1 N–H and O–H groups in total. The number of hydrogen-bond donors (Lipinski definition) is 1. The second kappa shape index (κ2) is 8.50. The van der Waals surface area contributed by atoms with Crippen molar-refractivity contribution >= 4 is 5.91 Å². The molecule has 3 rings (SSSR count). The topological polar surface area (TPSA) is 32.3 Å². The number of hydrogen-bond acceptors (Lipinski definition) is 2. The van der Waals surface area contributed by atoms with Crippen molar-refractivity contribution in [3.05, 3.63) is 71.8 Å². The normalized spacial score (nSPS) is 19.1. The first-order valence-corrected chi connectivity index (χ1v) is 9.66. The predicted octanol–water partition coefficient (Wildman–Crippen LogP) is 4.38. The average molecular weight is 351 g/mol. The highest BCUT2D eigenvalue weighted by Gasteiger charge is 2.43. The van der Waals surface area contributed by atoms with Gasteiger partial charge in [-0.25, -0.2) is 0 Å². The van der Waals surface area contributed by atoms with Crippen LogP contribution < -0.4 is 5.32 Å². The van der Waals surface area contributed by atoms with E-state index in [9.17, 15) is 4.79 Å².